The first-order valence-electron chi connectivity index (χ1n) is 6.30. The molecule has 0 aliphatic heterocycles. The second kappa shape index (κ2) is 9.22. The van der Waals surface area contributed by atoms with Crippen molar-refractivity contribution in [2.24, 2.45) is 17.6 Å². The minimum atomic E-state index is -1.02. The molecule has 0 aromatic rings. The van der Waals surface area contributed by atoms with Gasteiger partial charge in [-0.3, -0.25) is 4.79 Å². The van der Waals surface area contributed by atoms with E-state index in [-0.39, 0.29) is 17.7 Å². The van der Waals surface area contributed by atoms with Crippen LogP contribution in [0.4, 0.5) is 0 Å². The first-order valence-corrected chi connectivity index (χ1v) is 6.93. The molecule has 18 heavy (non-hydrogen) atoms. The Morgan fingerprint density at radius 1 is 1.44 bits per heavy atom. The molecule has 3 atom stereocenters. The molecule has 0 aliphatic carbocycles. The Balaban J connectivity index is 4.47. The number of nitrogens with two attached hydrogens (primary N) is 1. The molecule has 0 aliphatic rings. The number of carboxylic acid groups (broad SMARTS) is 1. The SMILES string of the molecule is CCCC(CS)C(=O)N[C@@H](CC(C)CN)C(=O)O. The van der Waals surface area contributed by atoms with Gasteiger partial charge in [-0.05, 0) is 25.3 Å². The van der Waals surface area contributed by atoms with Crippen LogP contribution in [0, 0.1) is 11.8 Å². The number of hydrogen-bond donors (Lipinski definition) is 4. The minimum Gasteiger partial charge on any atom is -0.480 e. The molecule has 0 saturated carbocycles. The Morgan fingerprint density at radius 2 is 2.06 bits per heavy atom. The molecule has 0 aromatic heterocycles. The number of carbonyl (C=O) groups is 2. The summed E-state index contributed by atoms with van der Waals surface area (Å²) in [5.74, 6) is -0.986. The van der Waals surface area contributed by atoms with Crippen molar-refractivity contribution in [2.45, 2.75) is 39.2 Å². The molecule has 0 spiro atoms. The smallest absolute Gasteiger partial charge is 0.326 e. The van der Waals surface area contributed by atoms with Gasteiger partial charge >= 0.3 is 5.97 Å². The summed E-state index contributed by atoms with van der Waals surface area (Å²) in [5.41, 5.74) is 5.47. The zero-order chi connectivity index (χ0) is 14.1. The van der Waals surface area contributed by atoms with Crippen LogP contribution in [-0.2, 0) is 9.59 Å². The lowest BCUT2D eigenvalue weighted by atomic mass is 10.00. The highest BCUT2D eigenvalue weighted by molar-refractivity contribution is 7.80. The van der Waals surface area contributed by atoms with Gasteiger partial charge in [-0.1, -0.05) is 20.3 Å². The van der Waals surface area contributed by atoms with Crippen molar-refractivity contribution in [3.63, 3.8) is 0 Å². The monoisotopic (exact) mass is 276 g/mol. The summed E-state index contributed by atoms with van der Waals surface area (Å²) in [6.45, 7) is 4.25. The van der Waals surface area contributed by atoms with Crippen LogP contribution in [0.5, 0.6) is 0 Å². The van der Waals surface area contributed by atoms with E-state index in [1.807, 2.05) is 13.8 Å². The summed E-state index contributed by atoms with van der Waals surface area (Å²) in [6.07, 6.45) is 1.94. The van der Waals surface area contributed by atoms with Crippen LogP contribution in [0.1, 0.15) is 33.1 Å². The molecule has 2 unspecified atom stereocenters. The zero-order valence-electron chi connectivity index (χ0n) is 11.1. The van der Waals surface area contributed by atoms with Crippen LogP contribution in [0.2, 0.25) is 0 Å². The molecule has 0 rings (SSSR count). The Bertz CT molecular complexity index is 274. The quantitative estimate of drug-likeness (QED) is 0.471. The third kappa shape index (κ3) is 6.26. The molecule has 5 nitrogen and oxygen atoms in total. The van der Waals surface area contributed by atoms with Crippen LogP contribution >= 0.6 is 12.6 Å². The number of carbonyl (C=O) groups excluding carboxylic acids is 1. The van der Waals surface area contributed by atoms with Crippen LogP contribution in [0.3, 0.4) is 0 Å². The predicted molar refractivity (Wildman–Crippen MR) is 74.7 cm³/mol. The third-order valence-electron chi connectivity index (χ3n) is 2.88. The van der Waals surface area contributed by atoms with Gasteiger partial charge in [-0.15, -0.1) is 0 Å². The fourth-order valence-corrected chi connectivity index (χ4v) is 2.01. The molecule has 106 valence electrons. The highest BCUT2D eigenvalue weighted by atomic mass is 32.1. The fourth-order valence-electron chi connectivity index (χ4n) is 1.66. The van der Waals surface area contributed by atoms with Crippen LogP contribution < -0.4 is 11.1 Å². The van der Waals surface area contributed by atoms with Crippen LogP contribution in [0.25, 0.3) is 0 Å². The average Bonchev–Trinajstić information content (AvgIpc) is 2.34. The van der Waals surface area contributed by atoms with E-state index in [4.69, 9.17) is 10.8 Å². The molecule has 0 radical (unpaired) electrons. The third-order valence-corrected chi connectivity index (χ3v) is 3.32. The standard InChI is InChI=1S/C12H24N2O3S/c1-3-4-9(7-18)11(15)14-10(12(16)17)5-8(2)6-13/h8-10,18H,3-7,13H2,1-2H3,(H,14,15)(H,16,17)/t8?,9?,10-/m0/s1. The lowest BCUT2D eigenvalue weighted by Gasteiger charge is -2.21. The van der Waals surface area contributed by atoms with Gasteiger partial charge in [-0.2, -0.15) is 12.6 Å². The van der Waals surface area contributed by atoms with Crippen molar-refractivity contribution in [3.8, 4) is 0 Å². The Hall–Kier alpha value is -0.750. The second-order valence-electron chi connectivity index (χ2n) is 4.64. The van der Waals surface area contributed by atoms with E-state index in [1.165, 1.54) is 0 Å². The minimum absolute atomic E-state index is 0.0621. The van der Waals surface area contributed by atoms with Gasteiger partial charge in [0.15, 0.2) is 0 Å². The summed E-state index contributed by atoms with van der Waals surface area (Å²) in [6, 6.07) is -0.865. The second-order valence-corrected chi connectivity index (χ2v) is 5.01. The van der Waals surface area contributed by atoms with E-state index in [0.717, 1.165) is 6.42 Å². The van der Waals surface area contributed by atoms with Crippen molar-refractivity contribution in [2.75, 3.05) is 12.3 Å². The highest BCUT2D eigenvalue weighted by Crippen LogP contribution is 2.11. The Morgan fingerprint density at radius 3 is 2.44 bits per heavy atom. The number of amides is 1. The maximum atomic E-state index is 11.9. The summed E-state index contributed by atoms with van der Waals surface area (Å²) in [7, 11) is 0. The number of aliphatic carboxylic acids is 1. The average molecular weight is 276 g/mol. The topological polar surface area (TPSA) is 92.4 Å². The predicted octanol–water partition coefficient (Wildman–Crippen LogP) is 0.887. The first-order chi connectivity index (χ1) is 8.46. The summed E-state index contributed by atoms with van der Waals surface area (Å²) in [4.78, 5) is 23.0. The molecule has 0 heterocycles. The molecule has 6 heteroatoms. The van der Waals surface area contributed by atoms with E-state index in [0.29, 0.717) is 25.1 Å². The van der Waals surface area contributed by atoms with Gasteiger partial charge in [0.1, 0.15) is 6.04 Å². The number of carboxylic acids is 1. The molecule has 0 aromatic carbocycles. The van der Waals surface area contributed by atoms with Gasteiger partial charge in [0, 0.05) is 11.7 Å². The van der Waals surface area contributed by atoms with Crippen molar-refractivity contribution in [3.05, 3.63) is 0 Å². The van der Waals surface area contributed by atoms with E-state index < -0.39 is 12.0 Å². The van der Waals surface area contributed by atoms with E-state index >= 15 is 0 Å². The van der Waals surface area contributed by atoms with Crippen molar-refractivity contribution in [1.29, 1.82) is 0 Å². The number of hydrogen-bond acceptors (Lipinski definition) is 4. The van der Waals surface area contributed by atoms with Gasteiger partial charge in [0.2, 0.25) is 5.91 Å². The van der Waals surface area contributed by atoms with E-state index in [9.17, 15) is 9.59 Å². The lowest BCUT2D eigenvalue weighted by molar-refractivity contribution is -0.142. The maximum absolute atomic E-state index is 11.9. The van der Waals surface area contributed by atoms with Gasteiger partial charge in [-0.25, -0.2) is 4.79 Å². The molecule has 0 bridgehead atoms. The van der Waals surface area contributed by atoms with Gasteiger partial charge in [0.25, 0.3) is 0 Å². The highest BCUT2D eigenvalue weighted by Gasteiger charge is 2.25. The van der Waals surface area contributed by atoms with Crippen molar-refractivity contribution < 1.29 is 14.7 Å². The number of nitrogens with one attached hydrogen (secondary N) is 1. The Kier molecular flexibility index (Phi) is 8.83. The lowest BCUT2D eigenvalue weighted by Crippen LogP contribution is -2.45. The molecular formula is C12H24N2O3S. The summed E-state index contributed by atoms with van der Waals surface area (Å²) in [5, 5.41) is 11.7. The molecule has 4 N–H and O–H groups in total. The molecule has 0 saturated heterocycles. The van der Waals surface area contributed by atoms with Crippen molar-refractivity contribution >= 4 is 24.5 Å². The zero-order valence-corrected chi connectivity index (χ0v) is 12.0. The Labute approximate surface area is 114 Å². The van der Waals surface area contributed by atoms with Gasteiger partial charge in [0.05, 0.1) is 0 Å². The van der Waals surface area contributed by atoms with Crippen LogP contribution in [-0.4, -0.2) is 35.3 Å². The number of rotatable bonds is 9. The molecule has 1 amide bonds. The van der Waals surface area contributed by atoms with Gasteiger partial charge < -0.3 is 16.2 Å². The van der Waals surface area contributed by atoms with Crippen molar-refractivity contribution in [1.82, 2.24) is 5.32 Å². The number of thiol groups is 1. The molecular weight excluding hydrogens is 252 g/mol. The fraction of sp³-hybridized carbons (Fsp3) is 0.833. The maximum Gasteiger partial charge on any atom is 0.326 e. The van der Waals surface area contributed by atoms with E-state index in [2.05, 4.69) is 17.9 Å². The largest absolute Gasteiger partial charge is 0.480 e. The normalized spacial score (nSPS) is 15.8. The van der Waals surface area contributed by atoms with Crippen LogP contribution in [0.15, 0.2) is 0 Å². The summed E-state index contributed by atoms with van der Waals surface area (Å²) >= 11 is 4.12. The summed E-state index contributed by atoms with van der Waals surface area (Å²) < 4.78 is 0. The molecule has 0 fully saturated rings. The van der Waals surface area contributed by atoms with E-state index in [1.54, 1.807) is 0 Å². The first kappa shape index (κ1) is 17.2.